The predicted molar refractivity (Wildman–Crippen MR) is 219 cm³/mol. The molecule has 2 heteroatoms. The molecule has 0 nitrogen and oxygen atoms in total. The third kappa shape index (κ3) is 6.50. The molecule has 0 N–H and O–H groups in total. The molecule has 4 aliphatic carbocycles. The van der Waals surface area contributed by atoms with Crippen LogP contribution in [0.3, 0.4) is 0 Å². The number of rotatable bonds is 0. The zero-order valence-corrected chi connectivity index (χ0v) is 33.5. The van der Waals surface area contributed by atoms with Crippen molar-refractivity contribution >= 4 is 40.6 Å². The van der Waals surface area contributed by atoms with Crippen LogP contribution < -0.4 is 0 Å². The van der Waals surface area contributed by atoms with Crippen LogP contribution in [0.1, 0.15) is 36.1 Å². The molecule has 0 aliphatic heterocycles. The van der Waals surface area contributed by atoms with E-state index in [9.17, 15) is 0 Å². The Labute approximate surface area is 322 Å². The van der Waals surface area contributed by atoms with Gasteiger partial charge in [0.25, 0.3) is 0 Å². The maximum atomic E-state index is 3.48. The third-order valence-electron chi connectivity index (χ3n) is 9.76. The minimum absolute atomic E-state index is 0. The Morgan fingerprint density at radius 2 is 0.882 bits per heavy atom. The summed E-state index contributed by atoms with van der Waals surface area (Å²) in [7, 11) is 0. The fraction of sp³-hybridized carbons (Fsp3) is 0.0816. The molecule has 0 spiro atoms. The van der Waals surface area contributed by atoms with Crippen molar-refractivity contribution in [3.8, 4) is 44.5 Å². The second-order valence-corrected chi connectivity index (χ2v) is 12.8. The Kier molecular flexibility index (Phi) is 11.8. The normalized spacial score (nSPS) is 12.3. The van der Waals surface area contributed by atoms with Crippen LogP contribution >= 0.6 is 0 Å². The summed E-state index contributed by atoms with van der Waals surface area (Å²) in [6.45, 7) is 7.48. The average molecular weight is 748 g/mol. The van der Waals surface area contributed by atoms with Crippen molar-refractivity contribution in [3.05, 3.63) is 189 Å². The van der Waals surface area contributed by atoms with Gasteiger partial charge in [0.2, 0.25) is 0 Å². The van der Waals surface area contributed by atoms with E-state index in [0.717, 1.165) is 12.8 Å². The van der Waals surface area contributed by atoms with Gasteiger partial charge in [-0.25, -0.2) is 0 Å². The van der Waals surface area contributed by atoms with Gasteiger partial charge in [0, 0.05) is 0 Å². The third-order valence-corrected chi connectivity index (χ3v) is 9.76. The van der Waals surface area contributed by atoms with Crippen molar-refractivity contribution in [2.24, 2.45) is 0 Å². The quantitative estimate of drug-likeness (QED) is 0.107. The Balaban J connectivity index is 0.000000156. The monoisotopic (exact) mass is 746 g/mol. The Hall–Kier alpha value is -4.36. The molecule has 0 saturated heterocycles. The van der Waals surface area contributed by atoms with Gasteiger partial charge in [0.1, 0.15) is 0 Å². The van der Waals surface area contributed by atoms with Gasteiger partial charge < -0.3 is 22.3 Å². The van der Waals surface area contributed by atoms with E-state index < -0.39 is 0 Å². The van der Waals surface area contributed by atoms with Crippen molar-refractivity contribution in [3.63, 3.8) is 0 Å². The molecular formula is C49H40SiZr-6. The van der Waals surface area contributed by atoms with E-state index in [1.807, 2.05) is 30.3 Å². The number of hydrogen-bond donors (Lipinski definition) is 0. The number of hydrogen-bond acceptors (Lipinski definition) is 0. The van der Waals surface area contributed by atoms with Crippen LogP contribution in [0.15, 0.2) is 126 Å². The first kappa shape index (κ1) is 37.9. The minimum atomic E-state index is 0. The minimum Gasteiger partial charge on any atom is -0.184 e. The molecule has 0 unspecified atom stereocenters. The maximum absolute atomic E-state index is 3.48. The largest absolute Gasteiger partial charge is 0.184 e. The fourth-order valence-corrected chi connectivity index (χ4v) is 7.92. The van der Waals surface area contributed by atoms with Crippen LogP contribution in [0.4, 0.5) is 0 Å². The van der Waals surface area contributed by atoms with Crippen molar-refractivity contribution in [1.82, 2.24) is 0 Å². The van der Waals surface area contributed by atoms with E-state index in [1.54, 1.807) is 0 Å². The topological polar surface area (TPSA) is 0 Å². The number of fused-ring (bicyclic) bond motifs is 10. The molecule has 4 aliphatic rings. The molecule has 7 aromatic rings. The Morgan fingerprint density at radius 1 is 0.490 bits per heavy atom. The molecule has 0 amide bonds. The van der Waals surface area contributed by atoms with Gasteiger partial charge in [-0.1, -0.05) is 120 Å². The van der Waals surface area contributed by atoms with Crippen LogP contribution in [-0.4, -0.2) is 6.88 Å². The summed E-state index contributed by atoms with van der Waals surface area (Å²) in [6.07, 6.45) is 6.69. The number of allylic oxidation sites excluding steroid dienone is 2. The summed E-state index contributed by atoms with van der Waals surface area (Å²) >= 11 is 1.36. The molecule has 11 rings (SSSR count). The SMILES string of the molecule is CC1=Cc2[c-]cc3c(c2C1)-c1cccc2cccc-3c12.CC1=Cc2[c-]cc3c(c2C1)-c1cccc2cccc-3c12.[CH3-].[CH3-].[CH3-].[Si]=[Zr].[c-]1ccccc1. The van der Waals surface area contributed by atoms with E-state index in [2.05, 4.69) is 136 Å². The molecule has 0 saturated carbocycles. The Morgan fingerprint density at radius 3 is 1.24 bits per heavy atom. The summed E-state index contributed by atoms with van der Waals surface area (Å²) in [6, 6.07) is 50.4. The van der Waals surface area contributed by atoms with Crippen LogP contribution in [-0.2, 0) is 36.2 Å². The van der Waals surface area contributed by atoms with Crippen LogP contribution in [0.2, 0.25) is 0 Å². The van der Waals surface area contributed by atoms with E-state index in [0.29, 0.717) is 0 Å². The molecule has 2 radical (unpaired) electrons. The van der Waals surface area contributed by atoms with Crippen molar-refractivity contribution in [2.75, 3.05) is 0 Å². The summed E-state index contributed by atoms with van der Waals surface area (Å²) < 4.78 is 0. The molecule has 0 atom stereocenters. The van der Waals surface area contributed by atoms with Crippen LogP contribution in [0, 0.1) is 40.5 Å². The van der Waals surface area contributed by atoms with Crippen LogP contribution in [0.25, 0.3) is 78.2 Å². The summed E-state index contributed by atoms with van der Waals surface area (Å²) in [5, 5.41) is 5.51. The van der Waals surface area contributed by atoms with Gasteiger partial charge >= 0.3 is 30.2 Å². The zero-order chi connectivity index (χ0) is 32.8. The van der Waals surface area contributed by atoms with Gasteiger partial charge in [-0.05, 0) is 45.5 Å². The van der Waals surface area contributed by atoms with Crippen molar-refractivity contribution in [2.45, 2.75) is 26.7 Å². The molecule has 51 heavy (non-hydrogen) atoms. The van der Waals surface area contributed by atoms with Gasteiger partial charge in [0.05, 0.1) is 0 Å². The molecule has 0 aromatic heterocycles. The van der Waals surface area contributed by atoms with Gasteiger partial charge in [-0.2, -0.15) is 36.4 Å². The van der Waals surface area contributed by atoms with Crippen LogP contribution in [0.5, 0.6) is 0 Å². The standard InChI is InChI=1S/2C20H13.C6H5.3CH3.Si.Zr/c2*1-12-10-14-8-9-16-15-6-2-4-13-5-3-7-17(19(13)15)20(16)18(14)11-12;1-2-4-6-5-3-1;;;;;/h2*2-7,9-10H,11H2,1H3;1-5H;3*1H3;;/q6*-1;;. The van der Waals surface area contributed by atoms with E-state index in [1.165, 1.54) is 123 Å². The van der Waals surface area contributed by atoms with Gasteiger partial charge in [0.15, 0.2) is 0 Å². The molecule has 0 fully saturated rings. The predicted octanol–water partition coefficient (Wildman–Crippen LogP) is 12.9. The van der Waals surface area contributed by atoms with Crippen molar-refractivity contribution < 1.29 is 23.3 Å². The maximum Gasteiger partial charge on any atom is -0.171 e. The fourth-order valence-electron chi connectivity index (χ4n) is 7.92. The Bertz CT molecular complexity index is 2250. The first-order chi connectivity index (χ1) is 23.7. The van der Waals surface area contributed by atoms with Crippen molar-refractivity contribution in [1.29, 1.82) is 0 Å². The summed E-state index contributed by atoms with van der Waals surface area (Å²) in [5.74, 6) is 0. The zero-order valence-electron chi connectivity index (χ0n) is 30.0. The molecule has 7 aromatic carbocycles. The smallest absolute Gasteiger partial charge is 0.171 e. The molecule has 0 heterocycles. The summed E-state index contributed by atoms with van der Waals surface area (Å²) in [4.78, 5) is 0. The first-order valence-corrected chi connectivity index (χ1v) is 20.5. The second-order valence-electron chi connectivity index (χ2n) is 12.8. The molecule has 250 valence electrons. The second kappa shape index (κ2) is 15.9. The average Bonchev–Trinajstić information content (AvgIpc) is 3.89. The molecule has 0 bridgehead atoms. The molecular weight excluding hydrogens is 708 g/mol. The van der Waals surface area contributed by atoms with E-state index >= 15 is 0 Å². The van der Waals surface area contributed by atoms with Gasteiger partial charge in [-0.3, -0.25) is 0 Å². The summed E-state index contributed by atoms with van der Waals surface area (Å²) in [5.41, 5.74) is 19.5. The van der Waals surface area contributed by atoms with E-state index in [4.69, 9.17) is 0 Å². The first-order valence-electron chi connectivity index (χ1n) is 16.4. The number of benzene rings is 7. The van der Waals surface area contributed by atoms with Gasteiger partial charge in [-0.15, -0.1) is 69.8 Å². The van der Waals surface area contributed by atoms with E-state index in [-0.39, 0.29) is 22.3 Å².